The Kier molecular flexibility index (Phi) is 10.3. The molecule has 190 valence electrons. The van der Waals surface area contributed by atoms with Gasteiger partial charge in [0.25, 0.3) is 0 Å². The van der Waals surface area contributed by atoms with Crippen LogP contribution in [0.3, 0.4) is 0 Å². The number of benzene rings is 2. The molecule has 35 heavy (non-hydrogen) atoms. The molecule has 1 N–H and O–H groups in total. The van der Waals surface area contributed by atoms with Gasteiger partial charge in [0.2, 0.25) is 21.8 Å². The van der Waals surface area contributed by atoms with Crippen LogP contribution in [0.4, 0.5) is 5.69 Å². The van der Waals surface area contributed by atoms with Gasteiger partial charge in [-0.25, -0.2) is 8.42 Å². The number of amides is 2. The van der Waals surface area contributed by atoms with Crippen LogP contribution in [0.15, 0.2) is 48.5 Å². The van der Waals surface area contributed by atoms with E-state index in [1.165, 1.54) is 24.0 Å². The summed E-state index contributed by atoms with van der Waals surface area (Å²) in [5.41, 5.74) is 1.27. The van der Waals surface area contributed by atoms with Gasteiger partial charge in [-0.2, -0.15) is 0 Å². The van der Waals surface area contributed by atoms with E-state index in [0.29, 0.717) is 23.6 Å². The Balaban J connectivity index is 2.45. The maximum absolute atomic E-state index is 13.6. The van der Waals surface area contributed by atoms with Gasteiger partial charge in [0.1, 0.15) is 12.6 Å². The largest absolute Gasteiger partial charge is 0.354 e. The van der Waals surface area contributed by atoms with Crippen molar-refractivity contribution in [3.8, 4) is 0 Å². The van der Waals surface area contributed by atoms with E-state index in [-0.39, 0.29) is 23.9 Å². The zero-order chi connectivity index (χ0) is 26.2. The highest BCUT2D eigenvalue weighted by Crippen LogP contribution is 2.21. The van der Waals surface area contributed by atoms with Gasteiger partial charge in [-0.1, -0.05) is 49.7 Å². The molecule has 0 unspecified atom stereocenters. The van der Waals surface area contributed by atoms with Crippen molar-refractivity contribution in [1.82, 2.24) is 10.2 Å². The molecule has 2 aromatic rings. The first kappa shape index (κ1) is 28.3. The van der Waals surface area contributed by atoms with Crippen LogP contribution in [0.25, 0.3) is 0 Å². The predicted molar refractivity (Wildman–Crippen MR) is 138 cm³/mol. The summed E-state index contributed by atoms with van der Waals surface area (Å²) in [5, 5.41) is 3.36. The molecule has 0 fully saturated rings. The fourth-order valence-electron chi connectivity index (χ4n) is 3.57. The Bertz CT molecular complexity index is 1150. The molecule has 2 rings (SSSR count). The summed E-state index contributed by atoms with van der Waals surface area (Å²) in [5.74, 6) is -1.08. The molecule has 0 heterocycles. The van der Waals surface area contributed by atoms with Gasteiger partial charge in [0.15, 0.2) is 5.78 Å². The Hall–Kier alpha value is -2.91. The van der Waals surface area contributed by atoms with Gasteiger partial charge < -0.3 is 10.2 Å². The summed E-state index contributed by atoms with van der Waals surface area (Å²) in [6.07, 6.45) is 2.07. The second-order valence-electron chi connectivity index (χ2n) is 8.24. The number of sulfonamides is 1. The summed E-state index contributed by atoms with van der Waals surface area (Å²) >= 11 is 5.99. The van der Waals surface area contributed by atoms with E-state index in [1.807, 2.05) is 6.92 Å². The van der Waals surface area contributed by atoms with E-state index >= 15 is 0 Å². The lowest BCUT2D eigenvalue weighted by molar-refractivity contribution is -0.140. The normalized spacial score (nSPS) is 12.0. The highest BCUT2D eigenvalue weighted by Gasteiger charge is 2.31. The topological polar surface area (TPSA) is 104 Å². The van der Waals surface area contributed by atoms with E-state index in [4.69, 9.17) is 11.6 Å². The van der Waals surface area contributed by atoms with E-state index in [9.17, 15) is 22.8 Å². The van der Waals surface area contributed by atoms with Crippen LogP contribution in [0.5, 0.6) is 0 Å². The summed E-state index contributed by atoms with van der Waals surface area (Å²) in [7, 11) is -3.88. The van der Waals surface area contributed by atoms with Gasteiger partial charge in [0, 0.05) is 23.7 Å². The van der Waals surface area contributed by atoms with Crippen molar-refractivity contribution >= 4 is 44.9 Å². The fraction of sp³-hybridized carbons (Fsp3) is 0.400. The maximum atomic E-state index is 13.6. The maximum Gasteiger partial charge on any atom is 0.244 e. The number of nitrogens with zero attached hydrogens (tertiary/aromatic N) is 2. The number of hydrogen-bond acceptors (Lipinski definition) is 5. The molecule has 0 aliphatic rings. The Morgan fingerprint density at radius 1 is 1.06 bits per heavy atom. The summed E-state index contributed by atoms with van der Waals surface area (Å²) in [6, 6.07) is 12.2. The third-order valence-corrected chi connectivity index (χ3v) is 6.81. The molecule has 0 saturated heterocycles. The van der Waals surface area contributed by atoms with Crippen molar-refractivity contribution in [3.05, 3.63) is 64.7 Å². The highest BCUT2D eigenvalue weighted by molar-refractivity contribution is 7.92. The van der Waals surface area contributed by atoms with Crippen molar-refractivity contribution in [3.63, 3.8) is 0 Å². The molecule has 0 spiro atoms. The van der Waals surface area contributed by atoms with Crippen molar-refractivity contribution < 1.29 is 22.8 Å². The average Bonchev–Trinajstić information content (AvgIpc) is 2.81. The number of Topliss-reactive ketones (excluding diaryl/α,β-unsaturated/α-hetero) is 1. The number of ketones is 1. The van der Waals surface area contributed by atoms with Crippen molar-refractivity contribution in [2.45, 2.75) is 46.2 Å². The lowest BCUT2D eigenvalue weighted by atomic mass is 10.1. The minimum absolute atomic E-state index is 0.0964. The van der Waals surface area contributed by atoms with Crippen LogP contribution in [0, 0.1) is 0 Å². The lowest BCUT2D eigenvalue weighted by Crippen LogP contribution is -2.52. The van der Waals surface area contributed by atoms with Crippen molar-refractivity contribution in [1.29, 1.82) is 0 Å². The molecule has 0 aliphatic heterocycles. The molecule has 0 aromatic heterocycles. The first-order valence-electron chi connectivity index (χ1n) is 11.4. The van der Waals surface area contributed by atoms with Crippen LogP contribution in [0.2, 0.25) is 5.02 Å². The Morgan fingerprint density at radius 2 is 1.71 bits per heavy atom. The first-order chi connectivity index (χ1) is 16.5. The van der Waals surface area contributed by atoms with Crippen LogP contribution >= 0.6 is 11.6 Å². The van der Waals surface area contributed by atoms with Gasteiger partial charge in [-0.05, 0) is 49.6 Å². The quantitative estimate of drug-likeness (QED) is 0.429. The second-order valence-corrected chi connectivity index (χ2v) is 10.6. The number of halogens is 1. The third-order valence-electron chi connectivity index (χ3n) is 5.42. The molecule has 0 aliphatic carbocycles. The third kappa shape index (κ3) is 8.07. The SMILES string of the molecule is CCCNC(=O)[C@H](CC)N(Cc1ccc(Cl)cc1)C(=O)CN(c1cccc(C(C)=O)c1)S(C)(=O)=O. The Labute approximate surface area is 212 Å². The Morgan fingerprint density at radius 3 is 2.26 bits per heavy atom. The first-order valence-corrected chi connectivity index (χ1v) is 13.6. The molecule has 2 aromatic carbocycles. The van der Waals surface area contributed by atoms with Gasteiger partial charge in [0.05, 0.1) is 11.9 Å². The zero-order valence-corrected chi connectivity index (χ0v) is 22.0. The molecule has 0 bridgehead atoms. The van der Waals surface area contributed by atoms with Gasteiger partial charge in [-0.15, -0.1) is 0 Å². The van der Waals surface area contributed by atoms with Crippen LogP contribution in [0.1, 0.15) is 49.5 Å². The number of hydrogen-bond donors (Lipinski definition) is 1. The summed E-state index contributed by atoms with van der Waals surface area (Å²) in [6.45, 7) is 5.14. The minimum atomic E-state index is -3.88. The lowest BCUT2D eigenvalue weighted by Gasteiger charge is -2.33. The average molecular weight is 522 g/mol. The fourth-order valence-corrected chi connectivity index (χ4v) is 4.53. The van der Waals surface area contributed by atoms with Crippen LogP contribution < -0.4 is 9.62 Å². The number of carbonyl (C=O) groups excluding carboxylic acids is 3. The van der Waals surface area contributed by atoms with Gasteiger partial charge >= 0.3 is 0 Å². The predicted octanol–water partition coefficient (Wildman–Crippen LogP) is 3.64. The second kappa shape index (κ2) is 12.7. The van der Waals surface area contributed by atoms with Gasteiger partial charge in [-0.3, -0.25) is 18.7 Å². The minimum Gasteiger partial charge on any atom is -0.354 e. The number of anilines is 1. The standard InChI is InChI=1S/C25H32ClN3O5S/c1-5-14-27-25(32)23(6-2)28(16-19-10-12-21(26)13-11-19)24(31)17-29(35(4,33)34)22-9-7-8-20(15-22)18(3)30/h7-13,15,23H,5-6,14,16-17H2,1-4H3,(H,27,32)/t23-/m0/s1. The molecular formula is C25H32ClN3O5S. The zero-order valence-electron chi connectivity index (χ0n) is 20.5. The van der Waals surface area contributed by atoms with E-state index in [1.54, 1.807) is 43.3 Å². The molecule has 0 radical (unpaired) electrons. The smallest absolute Gasteiger partial charge is 0.244 e. The van der Waals surface area contributed by atoms with E-state index in [2.05, 4.69) is 5.32 Å². The molecule has 0 saturated carbocycles. The molecule has 8 nitrogen and oxygen atoms in total. The highest BCUT2D eigenvalue weighted by atomic mass is 35.5. The van der Waals surface area contributed by atoms with E-state index in [0.717, 1.165) is 22.5 Å². The van der Waals surface area contributed by atoms with Crippen LogP contribution in [-0.2, 0) is 26.2 Å². The molecule has 10 heteroatoms. The number of rotatable bonds is 12. The summed E-state index contributed by atoms with van der Waals surface area (Å²) in [4.78, 5) is 39.7. The monoisotopic (exact) mass is 521 g/mol. The van der Waals surface area contributed by atoms with Crippen molar-refractivity contribution in [2.75, 3.05) is 23.7 Å². The molecule has 2 amide bonds. The number of carbonyl (C=O) groups is 3. The van der Waals surface area contributed by atoms with E-state index < -0.39 is 28.5 Å². The molecular weight excluding hydrogens is 490 g/mol. The summed E-state index contributed by atoms with van der Waals surface area (Å²) < 4.78 is 26.3. The molecule has 1 atom stereocenters. The van der Waals surface area contributed by atoms with Crippen LogP contribution in [-0.4, -0.2) is 56.3 Å². The van der Waals surface area contributed by atoms with Crippen molar-refractivity contribution in [2.24, 2.45) is 0 Å². The number of nitrogens with one attached hydrogen (secondary N) is 1.